The number of methoxy groups -OCH3 is 1. The van der Waals surface area contributed by atoms with Crippen LogP contribution >= 0.6 is 0 Å². The number of nitrogens with one attached hydrogen (secondary N) is 1. The number of benzene rings is 3. The molecule has 6 nitrogen and oxygen atoms in total. The lowest BCUT2D eigenvalue weighted by Gasteiger charge is -2.14. The average molecular weight is 427 g/mol. The molecular weight excluding hydrogens is 406 g/mol. The molecule has 0 aromatic heterocycles. The molecule has 0 spiro atoms. The predicted molar refractivity (Wildman–Crippen MR) is 119 cm³/mol. The van der Waals surface area contributed by atoms with Crippen molar-refractivity contribution in [3.05, 3.63) is 89.0 Å². The number of carbonyl (C=O) groups excluding carboxylic acids is 2. The minimum Gasteiger partial charge on any atom is -0.507 e. The summed E-state index contributed by atoms with van der Waals surface area (Å²) in [6, 6.07) is 20.7. The molecule has 2 N–H and O–H groups in total. The van der Waals surface area contributed by atoms with Crippen LogP contribution in [-0.4, -0.2) is 37.4 Å². The second kappa shape index (κ2) is 9.27. The highest BCUT2D eigenvalue weighted by Gasteiger charge is 2.28. The van der Waals surface area contributed by atoms with Crippen molar-refractivity contribution in [1.29, 1.82) is 0 Å². The van der Waals surface area contributed by atoms with Crippen molar-refractivity contribution < 1.29 is 24.2 Å². The van der Waals surface area contributed by atoms with Crippen LogP contribution in [0.15, 0.2) is 66.7 Å². The number of hydrogen-bond acceptors (Lipinski definition) is 5. The van der Waals surface area contributed by atoms with Crippen molar-refractivity contribution in [3.63, 3.8) is 0 Å². The van der Waals surface area contributed by atoms with E-state index in [2.05, 4.69) is 46.2 Å². The van der Waals surface area contributed by atoms with E-state index < -0.39 is 12.1 Å². The van der Waals surface area contributed by atoms with E-state index in [-0.39, 0.29) is 30.4 Å². The predicted octanol–water partition coefficient (Wildman–Crippen LogP) is 4.07. The van der Waals surface area contributed by atoms with Crippen LogP contribution in [0, 0.1) is 11.8 Å². The molecule has 0 atom stereocenters. The lowest BCUT2D eigenvalue weighted by molar-refractivity contribution is 0.0597. The van der Waals surface area contributed by atoms with Crippen LogP contribution in [-0.2, 0) is 9.47 Å². The number of fused-ring (bicyclic) bond motifs is 3. The molecule has 0 saturated carbocycles. The number of hydrogen-bond donors (Lipinski definition) is 2. The van der Waals surface area contributed by atoms with Gasteiger partial charge in [-0.2, -0.15) is 0 Å². The highest BCUT2D eigenvalue weighted by molar-refractivity contribution is 5.92. The molecule has 3 aromatic carbocycles. The number of ether oxygens (including phenoxy) is 2. The first kappa shape index (κ1) is 21.0. The molecule has 0 radical (unpaired) electrons. The minimum absolute atomic E-state index is 0.00413. The van der Waals surface area contributed by atoms with Gasteiger partial charge in [0.25, 0.3) is 0 Å². The van der Waals surface area contributed by atoms with E-state index in [1.54, 1.807) is 6.07 Å². The molecule has 3 aromatic rings. The summed E-state index contributed by atoms with van der Waals surface area (Å²) in [5.41, 5.74) is 5.21. The Morgan fingerprint density at radius 1 is 1.00 bits per heavy atom. The SMILES string of the molecule is COC(=O)c1ccc(C#CCNC(=O)OCC2c3ccccc3-c3ccccc32)cc1O. The maximum atomic E-state index is 12.1. The fourth-order valence-electron chi connectivity index (χ4n) is 3.80. The molecule has 1 aliphatic rings. The number of aromatic hydroxyl groups is 1. The number of amides is 1. The fourth-order valence-corrected chi connectivity index (χ4v) is 3.80. The molecular formula is C26H21NO5. The third-order valence-electron chi connectivity index (χ3n) is 5.30. The van der Waals surface area contributed by atoms with Crippen LogP contribution in [0.3, 0.4) is 0 Å². The van der Waals surface area contributed by atoms with Crippen molar-refractivity contribution in [2.75, 3.05) is 20.3 Å². The molecule has 1 amide bonds. The van der Waals surface area contributed by atoms with Gasteiger partial charge in [-0.1, -0.05) is 60.4 Å². The number of phenolic OH excluding ortho intramolecular Hbond substituents is 1. The van der Waals surface area contributed by atoms with Gasteiger partial charge in [0, 0.05) is 11.5 Å². The average Bonchev–Trinajstić information content (AvgIpc) is 3.14. The highest BCUT2D eigenvalue weighted by atomic mass is 16.5. The van der Waals surface area contributed by atoms with Crippen molar-refractivity contribution in [1.82, 2.24) is 5.32 Å². The van der Waals surface area contributed by atoms with E-state index in [9.17, 15) is 14.7 Å². The number of carbonyl (C=O) groups is 2. The Morgan fingerprint density at radius 2 is 1.66 bits per heavy atom. The summed E-state index contributed by atoms with van der Waals surface area (Å²) in [7, 11) is 1.24. The van der Waals surface area contributed by atoms with Gasteiger partial charge in [-0.3, -0.25) is 0 Å². The van der Waals surface area contributed by atoms with Crippen LogP contribution in [0.4, 0.5) is 4.79 Å². The molecule has 0 fully saturated rings. The Kier molecular flexibility index (Phi) is 6.09. The summed E-state index contributed by atoms with van der Waals surface area (Å²) in [6.07, 6.45) is -0.551. The third-order valence-corrected chi connectivity index (χ3v) is 5.30. The summed E-state index contributed by atoms with van der Waals surface area (Å²) in [5, 5.41) is 12.5. The molecule has 6 heteroatoms. The summed E-state index contributed by atoms with van der Waals surface area (Å²) < 4.78 is 10.0. The zero-order chi connectivity index (χ0) is 22.5. The molecule has 0 bridgehead atoms. The van der Waals surface area contributed by atoms with E-state index in [1.165, 1.54) is 30.4 Å². The Balaban J connectivity index is 1.33. The van der Waals surface area contributed by atoms with Crippen LogP contribution in [0.1, 0.15) is 33.0 Å². The standard InChI is InChI=1S/C26H21NO5/c1-31-25(29)22-13-12-17(15-24(22)28)7-6-14-27-26(30)32-16-23-20-10-4-2-8-18(20)19-9-3-5-11-21(19)23/h2-5,8-13,15,23,28H,14,16H2,1H3,(H,27,30). The Morgan fingerprint density at radius 3 is 2.28 bits per heavy atom. The number of alkyl carbamates (subject to hydrolysis) is 1. The van der Waals surface area contributed by atoms with Crippen LogP contribution in [0.5, 0.6) is 5.75 Å². The zero-order valence-corrected chi connectivity index (χ0v) is 17.4. The van der Waals surface area contributed by atoms with E-state index >= 15 is 0 Å². The summed E-state index contributed by atoms with van der Waals surface area (Å²) in [5.74, 6) is 4.76. The summed E-state index contributed by atoms with van der Waals surface area (Å²) in [6.45, 7) is 0.312. The van der Waals surface area contributed by atoms with E-state index in [0.29, 0.717) is 5.56 Å². The van der Waals surface area contributed by atoms with Gasteiger partial charge in [-0.05, 0) is 40.5 Å². The Labute approximate surface area is 185 Å². The number of phenols is 1. The maximum absolute atomic E-state index is 12.1. The normalized spacial score (nSPS) is 11.5. The first-order valence-electron chi connectivity index (χ1n) is 10.1. The lowest BCUT2D eigenvalue weighted by atomic mass is 9.98. The molecule has 1 aliphatic carbocycles. The molecule has 4 rings (SSSR count). The molecule has 0 heterocycles. The lowest BCUT2D eigenvalue weighted by Crippen LogP contribution is -2.26. The van der Waals surface area contributed by atoms with E-state index in [1.807, 2.05) is 24.3 Å². The largest absolute Gasteiger partial charge is 0.507 e. The van der Waals surface area contributed by atoms with Gasteiger partial charge >= 0.3 is 12.1 Å². The van der Waals surface area contributed by atoms with Gasteiger partial charge in [-0.15, -0.1) is 0 Å². The first-order chi connectivity index (χ1) is 15.6. The fraction of sp³-hybridized carbons (Fsp3) is 0.154. The quantitative estimate of drug-likeness (QED) is 0.484. The third kappa shape index (κ3) is 4.28. The van der Waals surface area contributed by atoms with Crippen molar-refractivity contribution in [2.24, 2.45) is 0 Å². The minimum atomic E-state index is -0.626. The number of rotatable bonds is 4. The van der Waals surface area contributed by atoms with Crippen LogP contribution in [0.2, 0.25) is 0 Å². The van der Waals surface area contributed by atoms with Crippen LogP contribution < -0.4 is 5.32 Å². The summed E-state index contributed by atoms with van der Waals surface area (Å²) in [4.78, 5) is 23.6. The van der Waals surface area contributed by atoms with Gasteiger partial charge in [0.2, 0.25) is 0 Å². The second-order valence-electron chi connectivity index (χ2n) is 7.20. The molecule has 160 valence electrons. The van der Waals surface area contributed by atoms with Crippen LogP contribution in [0.25, 0.3) is 11.1 Å². The molecule has 0 aliphatic heterocycles. The van der Waals surface area contributed by atoms with Gasteiger partial charge in [0.15, 0.2) is 0 Å². The first-order valence-corrected chi connectivity index (χ1v) is 10.1. The molecule has 0 unspecified atom stereocenters. The van der Waals surface area contributed by atoms with E-state index in [4.69, 9.17) is 4.74 Å². The summed E-state index contributed by atoms with van der Waals surface area (Å²) >= 11 is 0. The van der Waals surface area contributed by atoms with Crippen molar-refractivity contribution in [2.45, 2.75) is 5.92 Å². The van der Waals surface area contributed by atoms with Gasteiger partial charge in [0.05, 0.1) is 13.7 Å². The van der Waals surface area contributed by atoms with Crippen molar-refractivity contribution in [3.8, 4) is 28.7 Å². The smallest absolute Gasteiger partial charge is 0.407 e. The van der Waals surface area contributed by atoms with Gasteiger partial charge in [-0.25, -0.2) is 9.59 Å². The topological polar surface area (TPSA) is 84.9 Å². The van der Waals surface area contributed by atoms with E-state index in [0.717, 1.165) is 11.1 Å². The Hall–Kier alpha value is -4.24. The number of esters is 1. The molecule has 0 saturated heterocycles. The monoisotopic (exact) mass is 427 g/mol. The zero-order valence-electron chi connectivity index (χ0n) is 17.4. The Bertz CT molecular complexity index is 1190. The van der Waals surface area contributed by atoms with Crippen molar-refractivity contribution >= 4 is 12.1 Å². The maximum Gasteiger partial charge on any atom is 0.407 e. The van der Waals surface area contributed by atoms with Gasteiger partial charge < -0.3 is 19.9 Å². The second-order valence-corrected chi connectivity index (χ2v) is 7.20. The molecule has 32 heavy (non-hydrogen) atoms. The highest BCUT2D eigenvalue weighted by Crippen LogP contribution is 2.44. The van der Waals surface area contributed by atoms with Gasteiger partial charge in [0.1, 0.15) is 17.9 Å².